The van der Waals surface area contributed by atoms with Crippen molar-refractivity contribution in [1.29, 1.82) is 0 Å². The minimum atomic E-state index is -0.518. The molecule has 1 unspecified atom stereocenters. The summed E-state index contributed by atoms with van der Waals surface area (Å²) in [5.41, 5.74) is 9.93. The van der Waals surface area contributed by atoms with E-state index in [1.807, 2.05) is 24.3 Å². The van der Waals surface area contributed by atoms with Crippen LogP contribution in [0.25, 0.3) is 6.08 Å². The predicted octanol–water partition coefficient (Wildman–Crippen LogP) is -2.26. The highest BCUT2D eigenvalue weighted by Crippen LogP contribution is 2.33. The van der Waals surface area contributed by atoms with Gasteiger partial charge >= 0.3 is 0 Å². The summed E-state index contributed by atoms with van der Waals surface area (Å²) in [6.07, 6.45) is 8.59. The first-order chi connectivity index (χ1) is 12.0. The summed E-state index contributed by atoms with van der Waals surface area (Å²) in [6, 6.07) is 15.7. The number of nitrogens with one attached hydrogen (secondary N) is 1. The number of anilines is 2. The van der Waals surface area contributed by atoms with E-state index in [2.05, 4.69) is 66.0 Å². The van der Waals surface area contributed by atoms with E-state index in [4.69, 9.17) is 5.73 Å². The Morgan fingerprint density at radius 2 is 1.81 bits per heavy atom. The van der Waals surface area contributed by atoms with Crippen molar-refractivity contribution in [2.24, 2.45) is 5.73 Å². The van der Waals surface area contributed by atoms with Crippen molar-refractivity contribution in [2.75, 3.05) is 17.3 Å². The van der Waals surface area contributed by atoms with Crippen LogP contribution in [0.1, 0.15) is 24.0 Å². The number of nitrogens with two attached hydrogens (primary N) is 1. The lowest BCUT2D eigenvalue weighted by Gasteiger charge is -2.26. The van der Waals surface area contributed by atoms with Crippen LogP contribution in [0.3, 0.4) is 0 Å². The molecule has 0 radical (unpaired) electrons. The van der Waals surface area contributed by atoms with Crippen LogP contribution < -0.4 is 40.8 Å². The van der Waals surface area contributed by atoms with Gasteiger partial charge in [-0.15, -0.1) is 0 Å². The number of nitrogens with zero attached hydrogens (tertiary/aromatic N) is 1. The molecule has 3 rings (SSSR count). The smallest absolute Gasteiger partial charge is 0.240 e. The average molecular weight is 404 g/mol. The third kappa shape index (κ3) is 5.60. The Bertz CT molecular complexity index is 816. The van der Waals surface area contributed by atoms with Crippen LogP contribution in [0.4, 0.5) is 11.4 Å². The van der Waals surface area contributed by atoms with E-state index in [-0.39, 0.29) is 36.6 Å². The number of hydrogen-bond acceptors (Lipinski definition) is 3. The fraction of sp³-hybridized carbons (Fsp3) is 0.190. The third-order valence-electron chi connectivity index (χ3n) is 4.28. The molecule has 0 aliphatic carbocycles. The molecule has 2 aromatic rings. The molecule has 0 fully saturated rings. The van der Waals surface area contributed by atoms with Gasteiger partial charge in [0.2, 0.25) is 5.91 Å². The van der Waals surface area contributed by atoms with E-state index in [0.717, 1.165) is 11.3 Å². The second kappa shape index (κ2) is 10.2. The number of hydrogen-bond donors (Lipinski definition) is 2. The fourth-order valence-corrected chi connectivity index (χ4v) is 2.81. The van der Waals surface area contributed by atoms with Crippen molar-refractivity contribution in [3.8, 4) is 0 Å². The molecule has 0 spiro atoms. The van der Waals surface area contributed by atoms with Gasteiger partial charge in [0.1, 0.15) is 0 Å². The number of benzene rings is 2. The Morgan fingerprint density at radius 1 is 1.15 bits per heavy atom. The van der Waals surface area contributed by atoms with Crippen molar-refractivity contribution in [2.45, 2.75) is 18.9 Å². The van der Waals surface area contributed by atoms with Gasteiger partial charge in [0.05, 0.1) is 6.04 Å². The van der Waals surface area contributed by atoms with Gasteiger partial charge in [-0.1, -0.05) is 48.6 Å². The molecule has 27 heavy (non-hydrogen) atoms. The van der Waals surface area contributed by atoms with Crippen LogP contribution in [-0.2, 0) is 4.79 Å². The van der Waals surface area contributed by atoms with Crippen LogP contribution >= 0.6 is 0 Å². The predicted molar refractivity (Wildman–Crippen MR) is 104 cm³/mol. The molecule has 1 aliphatic heterocycles. The second-order valence-corrected chi connectivity index (χ2v) is 6.30. The standard InChI is InChI=1S/C21H23N3O.2ClH/c1-15(22)21(25)23-18-11-8-16(9-12-18)7-10-17-13-14-24(2)20-6-4-3-5-19(17)20;;/h3-15,17H,22H2,1-2H3,(H,23,25);2*1H/p-2/b10-7+;;/t15-,17?;;/m0../s1. The number of halogens is 2. The zero-order chi connectivity index (χ0) is 17.8. The number of carbonyl (C=O) groups excluding carboxylic acids is 1. The molecule has 0 aromatic heterocycles. The Hall–Kier alpha value is -2.27. The molecule has 6 heteroatoms. The van der Waals surface area contributed by atoms with Gasteiger partial charge in [-0.05, 0) is 36.2 Å². The number of fused-ring (bicyclic) bond motifs is 1. The SMILES string of the molecule is C[C@H](N)C(=O)Nc1ccc(/C=C/C2C=CN(C)c3ccccc32)cc1.[Cl-].[Cl-]. The van der Waals surface area contributed by atoms with Crippen molar-refractivity contribution in [3.63, 3.8) is 0 Å². The highest BCUT2D eigenvalue weighted by Gasteiger charge is 2.15. The van der Waals surface area contributed by atoms with Crippen LogP contribution in [0, 0.1) is 0 Å². The van der Waals surface area contributed by atoms with Gasteiger partial charge in [-0.25, -0.2) is 0 Å². The monoisotopic (exact) mass is 403 g/mol. The number of rotatable bonds is 4. The largest absolute Gasteiger partial charge is 1.00 e. The average Bonchev–Trinajstić information content (AvgIpc) is 2.62. The van der Waals surface area contributed by atoms with Gasteiger partial charge in [0, 0.05) is 30.5 Å². The summed E-state index contributed by atoms with van der Waals surface area (Å²) in [6.45, 7) is 1.67. The normalized spacial score (nSPS) is 16.1. The quantitative estimate of drug-likeness (QED) is 0.605. The lowest BCUT2D eigenvalue weighted by Crippen LogP contribution is -3.00. The third-order valence-corrected chi connectivity index (χ3v) is 4.28. The second-order valence-electron chi connectivity index (χ2n) is 6.30. The molecule has 1 heterocycles. The molecule has 4 nitrogen and oxygen atoms in total. The van der Waals surface area contributed by atoms with E-state index >= 15 is 0 Å². The molecule has 1 amide bonds. The summed E-state index contributed by atoms with van der Waals surface area (Å²) in [5, 5.41) is 2.79. The van der Waals surface area contributed by atoms with Crippen molar-refractivity contribution in [3.05, 3.63) is 78.0 Å². The molecule has 144 valence electrons. The Labute approximate surface area is 173 Å². The molecular formula is C21H23Cl2N3O-2. The summed E-state index contributed by atoms with van der Waals surface area (Å²) < 4.78 is 0. The molecule has 0 saturated heterocycles. The van der Waals surface area contributed by atoms with Crippen LogP contribution in [0.5, 0.6) is 0 Å². The van der Waals surface area contributed by atoms with E-state index < -0.39 is 6.04 Å². The fourth-order valence-electron chi connectivity index (χ4n) is 2.81. The molecular weight excluding hydrogens is 381 g/mol. The summed E-state index contributed by atoms with van der Waals surface area (Å²) in [5.74, 6) is 0.0706. The maximum Gasteiger partial charge on any atom is 0.240 e. The van der Waals surface area contributed by atoms with Crippen LogP contribution in [-0.4, -0.2) is 19.0 Å². The highest BCUT2D eigenvalue weighted by molar-refractivity contribution is 5.94. The zero-order valence-electron chi connectivity index (χ0n) is 15.3. The minimum absolute atomic E-state index is 0. The minimum Gasteiger partial charge on any atom is -1.00 e. The topological polar surface area (TPSA) is 58.4 Å². The van der Waals surface area contributed by atoms with Crippen molar-refractivity contribution >= 4 is 23.4 Å². The lowest BCUT2D eigenvalue weighted by molar-refractivity contribution is -0.117. The first-order valence-electron chi connectivity index (χ1n) is 8.39. The van der Waals surface area contributed by atoms with Gasteiger partial charge in [0.25, 0.3) is 0 Å². The maximum absolute atomic E-state index is 11.6. The number of para-hydroxylation sites is 1. The van der Waals surface area contributed by atoms with E-state index in [1.54, 1.807) is 6.92 Å². The first kappa shape index (κ1) is 22.8. The lowest BCUT2D eigenvalue weighted by atomic mass is 9.93. The van der Waals surface area contributed by atoms with Crippen molar-refractivity contribution in [1.82, 2.24) is 0 Å². The van der Waals surface area contributed by atoms with Crippen LogP contribution in [0.15, 0.2) is 66.9 Å². The highest BCUT2D eigenvalue weighted by atomic mass is 35.5. The number of amides is 1. The Kier molecular flexibility index (Phi) is 8.57. The first-order valence-corrected chi connectivity index (χ1v) is 8.39. The maximum atomic E-state index is 11.6. The Balaban J connectivity index is 0.00000182. The molecule has 0 bridgehead atoms. The summed E-state index contributed by atoms with van der Waals surface area (Å²) in [4.78, 5) is 13.7. The van der Waals surface area contributed by atoms with Gasteiger partial charge < -0.3 is 40.8 Å². The van der Waals surface area contributed by atoms with Crippen LogP contribution in [0.2, 0.25) is 0 Å². The molecule has 3 N–H and O–H groups in total. The van der Waals surface area contributed by atoms with E-state index in [0.29, 0.717) is 0 Å². The van der Waals surface area contributed by atoms with Gasteiger partial charge in [-0.3, -0.25) is 4.79 Å². The molecule has 2 aromatic carbocycles. The summed E-state index contributed by atoms with van der Waals surface area (Å²) in [7, 11) is 2.06. The summed E-state index contributed by atoms with van der Waals surface area (Å²) >= 11 is 0. The number of carbonyl (C=O) groups is 1. The van der Waals surface area contributed by atoms with E-state index in [1.165, 1.54) is 11.3 Å². The molecule has 2 atom stereocenters. The van der Waals surface area contributed by atoms with Crippen molar-refractivity contribution < 1.29 is 29.6 Å². The molecule has 1 aliphatic rings. The van der Waals surface area contributed by atoms with E-state index in [9.17, 15) is 4.79 Å². The molecule has 0 saturated carbocycles. The van der Waals surface area contributed by atoms with Gasteiger partial charge in [0.15, 0.2) is 0 Å². The Morgan fingerprint density at radius 3 is 2.48 bits per heavy atom. The number of allylic oxidation sites excluding steroid dienone is 2. The zero-order valence-corrected chi connectivity index (χ0v) is 16.8. The van der Waals surface area contributed by atoms with Gasteiger partial charge in [-0.2, -0.15) is 0 Å².